The second-order valence-electron chi connectivity index (χ2n) is 7.47. The summed E-state index contributed by atoms with van der Waals surface area (Å²) in [5, 5.41) is 6.02. The highest BCUT2D eigenvalue weighted by molar-refractivity contribution is 5.95. The Morgan fingerprint density at radius 2 is 2.15 bits per heavy atom. The van der Waals surface area contributed by atoms with E-state index < -0.39 is 0 Å². The molecule has 3 rings (SSSR count). The van der Waals surface area contributed by atoms with Gasteiger partial charge in [0, 0.05) is 37.7 Å². The molecule has 27 heavy (non-hydrogen) atoms. The van der Waals surface area contributed by atoms with E-state index in [0.717, 1.165) is 17.7 Å². The van der Waals surface area contributed by atoms with Gasteiger partial charge in [0.05, 0.1) is 12.6 Å². The van der Waals surface area contributed by atoms with Crippen LogP contribution < -0.4 is 15.4 Å². The average molecular weight is 371 g/mol. The fraction of sp³-hybridized carbons (Fsp3) is 0.524. The molecule has 0 saturated carbocycles. The van der Waals surface area contributed by atoms with E-state index in [1.54, 1.807) is 6.07 Å². The SMILES string of the molecule is CCNC(=O)C1CC(NC(=O)c2ccc3c(c2)CCO3)CN1CC=C(C)C. The fourth-order valence-electron chi connectivity index (χ4n) is 3.67. The van der Waals surface area contributed by atoms with Crippen LogP contribution >= 0.6 is 0 Å². The highest BCUT2D eigenvalue weighted by atomic mass is 16.5. The summed E-state index contributed by atoms with van der Waals surface area (Å²) in [7, 11) is 0. The molecule has 1 aromatic carbocycles. The Kier molecular flexibility index (Phi) is 6.16. The van der Waals surface area contributed by atoms with Gasteiger partial charge in [0.25, 0.3) is 5.91 Å². The minimum Gasteiger partial charge on any atom is -0.493 e. The van der Waals surface area contributed by atoms with Gasteiger partial charge in [-0.3, -0.25) is 14.5 Å². The van der Waals surface area contributed by atoms with E-state index in [1.807, 2.05) is 32.9 Å². The van der Waals surface area contributed by atoms with Gasteiger partial charge < -0.3 is 15.4 Å². The van der Waals surface area contributed by atoms with E-state index >= 15 is 0 Å². The van der Waals surface area contributed by atoms with Gasteiger partial charge in [-0.05, 0) is 51.0 Å². The molecule has 1 saturated heterocycles. The molecule has 2 heterocycles. The number of nitrogens with one attached hydrogen (secondary N) is 2. The van der Waals surface area contributed by atoms with Crippen molar-refractivity contribution in [2.75, 3.05) is 26.2 Å². The Morgan fingerprint density at radius 3 is 2.89 bits per heavy atom. The number of rotatable bonds is 6. The number of benzene rings is 1. The second kappa shape index (κ2) is 8.57. The van der Waals surface area contributed by atoms with Crippen LogP contribution in [0, 0.1) is 0 Å². The lowest BCUT2D eigenvalue weighted by Crippen LogP contribution is -2.43. The number of allylic oxidation sites excluding steroid dienone is 1. The van der Waals surface area contributed by atoms with Crippen LogP contribution in [0.1, 0.15) is 43.1 Å². The number of carbonyl (C=O) groups is 2. The van der Waals surface area contributed by atoms with Gasteiger partial charge in [-0.15, -0.1) is 0 Å². The van der Waals surface area contributed by atoms with Gasteiger partial charge in [-0.2, -0.15) is 0 Å². The first-order valence-corrected chi connectivity index (χ1v) is 9.69. The molecule has 2 N–H and O–H groups in total. The van der Waals surface area contributed by atoms with Crippen LogP contribution in [0.3, 0.4) is 0 Å². The Labute approximate surface area is 161 Å². The monoisotopic (exact) mass is 371 g/mol. The molecule has 0 radical (unpaired) electrons. The van der Waals surface area contributed by atoms with Crippen LogP contribution in [0.5, 0.6) is 5.75 Å². The number of carbonyl (C=O) groups excluding carboxylic acids is 2. The summed E-state index contributed by atoms with van der Waals surface area (Å²) in [6.45, 7) is 8.70. The molecule has 6 heteroatoms. The van der Waals surface area contributed by atoms with E-state index in [0.29, 0.717) is 38.2 Å². The van der Waals surface area contributed by atoms with Crippen molar-refractivity contribution >= 4 is 11.8 Å². The maximum Gasteiger partial charge on any atom is 0.251 e. The van der Waals surface area contributed by atoms with Crippen molar-refractivity contribution in [2.24, 2.45) is 0 Å². The standard InChI is InChI=1S/C21H29N3O3/c1-4-22-21(26)18-12-17(13-24(18)9-7-14(2)3)23-20(25)16-5-6-19-15(11-16)8-10-27-19/h5-7,11,17-18H,4,8-10,12-13H2,1-3H3,(H,22,26)(H,23,25). The van der Waals surface area contributed by atoms with Crippen LogP contribution in [0.15, 0.2) is 29.8 Å². The van der Waals surface area contributed by atoms with Crippen LogP contribution in [0.4, 0.5) is 0 Å². The number of likely N-dealkylation sites (tertiary alicyclic amines) is 1. The Bertz CT molecular complexity index is 740. The molecule has 2 amide bonds. The third kappa shape index (κ3) is 4.69. The van der Waals surface area contributed by atoms with E-state index in [2.05, 4.69) is 21.6 Å². The maximum absolute atomic E-state index is 12.7. The molecular weight excluding hydrogens is 342 g/mol. The van der Waals surface area contributed by atoms with E-state index in [-0.39, 0.29) is 23.9 Å². The topological polar surface area (TPSA) is 70.7 Å². The molecule has 2 atom stereocenters. The van der Waals surface area contributed by atoms with Crippen molar-refractivity contribution in [1.29, 1.82) is 0 Å². The number of nitrogens with zero attached hydrogens (tertiary/aromatic N) is 1. The summed E-state index contributed by atoms with van der Waals surface area (Å²) >= 11 is 0. The largest absolute Gasteiger partial charge is 0.493 e. The molecule has 2 aliphatic rings. The first-order chi connectivity index (χ1) is 13.0. The predicted octanol–water partition coefficient (Wildman–Crippen LogP) is 1.90. The summed E-state index contributed by atoms with van der Waals surface area (Å²) in [4.78, 5) is 27.3. The number of likely N-dealkylation sites (N-methyl/N-ethyl adjacent to an activating group) is 1. The third-order valence-corrected chi connectivity index (χ3v) is 5.08. The van der Waals surface area contributed by atoms with Gasteiger partial charge in [0.2, 0.25) is 5.91 Å². The normalized spacial score (nSPS) is 21.3. The minimum atomic E-state index is -0.209. The lowest BCUT2D eigenvalue weighted by molar-refractivity contribution is -0.125. The number of hydrogen-bond donors (Lipinski definition) is 2. The van der Waals surface area contributed by atoms with Gasteiger partial charge in [0.15, 0.2) is 0 Å². The van der Waals surface area contributed by atoms with Crippen molar-refractivity contribution in [3.8, 4) is 5.75 Å². The smallest absolute Gasteiger partial charge is 0.251 e. The Morgan fingerprint density at radius 1 is 1.33 bits per heavy atom. The molecule has 6 nitrogen and oxygen atoms in total. The molecule has 146 valence electrons. The molecule has 0 spiro atoms. The Balaban J connectivity index is 1.66. The summed E-state index contributed by atoms with van der Waals surface area (Å²) in [5.41, 5.74) is 2.95. The molecule has 1 aromatic rings. The number of fused-ring (bicyclic) bond motifs is 1. The van der Waals surface area contributed by atoms with E-state index in [9.17, 15) is 9.59 Å². The maximum atomic E-state index is 12.7. The first-order valence-electron chi connectivity index (χ1n) is 9.69. The third-order valence-electron chi connectivity index (χ3n) is 5.08. The number of amides is 2. The van der Waals surface area contributed by atoms with Crippen molar-refractivity contribution in [3.63, 3.8) is 0 Å². The molecule has 2 unspecified atom stereocenters. The van der Waals surface area contributed by atoms with Crippen LogP contribution in [-0.2, 0) is 11.2 Å². The molecular formula is C21H29N3O3. The zero-order chi connectivity index (χ0) is 19.4. The van der Waals surface area contributed by atoms with E-state index in [1.165, 1.54) is 5.57 Å². The zero-order valence-electron chi connectivity index (χ0n) is 16.4. The Hall–Kier alpha value is -2.34. The van der Waals surface area contributed by atoms with Crippen molar-refractivity contribution in [3.05, 3.63) is 41.0 Å². The summed E-state index contributed by atoms with van der Waals surface area (Å²) in [5.74, 6) is 0.816. The fourth-order valence-corrected chi connectivity index (χ4v) is 3.67. The highest BCUT2D eigenvalue weighted by Gasteiger charge is 2.36. The van der Waals surface area contributed by atoms with Gasteiger partial charge in [-0.1, -0.05) is 11.6 Å². The quantitative estimate of drug-likeness (QED) is 0.750. The predicted molar refractivity (Wildman–Crippen MR) is 105 cm³/mol. The average Bonchev–Trinajstić information content (AvgIpc) is 3.25. The molecule has 0 bridgehead atoms. The van der Waals surface area contributed by atoms with Crippen LogP contribution in [0.2, 0.25) is 0 Å². The highest BCUT2D eigenvalue weighted by Crippen LogP contribution is 2.26. The molecule has 0 aliphatic carbocycles. The lowest BCUT2D eigenvalue weighted by Gasteiger charge is -2.21. The van der Waals surface area contributed by atoms with Crippen molar-refractivity contribution in [2.45, 2.75) is 45.7 Å². The summed E-state index contributed by atoms with van der Waals surface area (Å²) < 4.78 is 5.50. The summed E-state index contributed by atoms with van der Waals surface area (Å²) in [6.07, 6.45) is 3.59. The first kappa shape index (κ1) is 19.4. The van der Waals surface area contributed by atoms with Gasteiger partial charge in [0.1, 0.15) is 5.75 Å². The van der Waals surface area contributed by atoms with Crippen molar-refractivity contribution in [1.82, 2.24) is 15.5 Å². The van der Waals surface area contributed by atoms with Gasteiger partial charge >= 0.3 is 0 Å². The van der Waals surface area contributed by atoms with Crippen molar-refractivity contribution < 1.29 is 14.3 Å². The molecule has 2 aliphatic heterocycles. The van der Waals surface area contributed by atoms with Gasteiger partial charge in [-0.25, -0.2) is 0 Å². The lowest BCUT2D eigenvalue weighted by atomic mass is 10.1. The summed E-state index contributed by atoms with van der Waals surface area (Å²) in [6, 6.07) is 5.33. The van der Waals surface area contributed by atoms with Crippen LogP contribution in [0.25, 0.3) is 0 Å². The second-order valence-corrected chi connectivity index (χ2v) is 7.47. The van der Waals surface area contributed by atoms with Crippen LogP contribution in [-0.4, -0.2) is 55.0 Å². The number of hydrogen-bond acceptors (Lipinski definition) is 4. The minimum absolute atomic E-state index is 0.0334. The van der Waals surface area contributed by atoms with E-state index in [4.69, 9.17) is 4.74 Å². The molecule has 1 fully saturated rings. The molecule has 0 aromatic heterocycles. The number of ether oxygens (including phenoxy) is 1. The zero-order valence-corrected chi connectivity index (χ0v) is 16.4.